The standard InChI is InChI=1S/C27H25NO4/c1-27(2,3)21-10-6-20(7-11-21)26(30)28-22-12-8-19(9-13-22)23(29)14-4-18-5-15-24-25(16-18)32-17-31-24/h4-16H,17H2,1-3H3,(H,28,30). The number of fused-ring (bicyclic) bond motifs is 1. The first-order chi connectivity index (χ1) is 15.3. The second-order valence-electron chi connectivity index (χ2n) is 8.67. The molecular weight excluding hydrogens is 402 g/mol. The monoisotopic (exact) mass is 427 g/mol. The van der Waals surface area contributed by atoms with Gasteiger partial charge in [0.15, 0.2) is 17.3 Å². The lowest BCUT2D eigenvalue weighted by atomic mass is 9.87. The molecule has 1 amide bonds. The number of nitrogens with one attached hydrogen (secondary N) is 1. The summed E-state index contributed by atoms with van der Waals surface area (Å²) in [7, 11) is 0. The number of carbonyl (C=O) groups excluding carboxylic acids is 2. The van der Waals surface area contributed by atoms with Crippen molar-refractivity contribution in [3.05, 3.63) is 95.1 Å². The van der Waals surface area contributed by atoms with Gasteiger partial charge in [0.05, 0.1) is 0 Å². The number of anilines is 1. The number of hydrogen-bond acceptors (Lipinski definition) is 4. The molecule has 1 aliphatic heterocycles. The van der Waals surface area contributed by atoms with Gasteiger partial charge in [-0.05, 0) is 71.1 Å². The highest BCUT2D eigenvalue weighted by atomic mass is 16.7. The Kier molecular flexibility index (Phi) is 5.82. The van der Waals surface area contributed by atoms with Gasteiger partial charge in [-0.2, -0.15) is 0 Å². The summed E-state index contributed by atoms with van der Waals surface area (Å²) in [4.78, 5) is 25.0. The number of hydrogen-bond donors (Lipinski definition) is 1. The van der Waals surface area contributed by atoms with E-state index in [0.717, 1.165) is 5.56 Å². The topological polar surface area (TPSA) is 64.6 Å². The molecule has 3 aromatic rings. The Morgan fingerprint density at radius 3 is 2.19 bits per heavy atom. The molecule has 4 rings (SSSR count). The molecule has 5 nitrogen and oxygen atoms in total. The van der Waals surface area contributed by atoms with Crippen molar-refractivity contribution >= 4 is 23.5 Å². The zero-order chi connectivity index (χ0) is 22.7. The lowest BCUT2D eigenvalue weighted by Gasteiger charge is -2.19. The normalized spacial score (nSPS) is 12.7. The van der Waals surface area contributed by atoms with Crippen LogP contribution in [0.25, 0.3) is 6.08 Å². The van der Waals surface area contributed by atoms with Gasteiger partial charge in [-0.1, -0.05) is 45.0 Å². The third-order valence-corrected chi connectivity index (χ3v) is 5.26. The van der Waals surface area contributed by atoms with Gasteiger partial charge in [-0.15, -0.1) is 0 Å². The minimum Gasteiger partial charge on any atom is -0.454 e. The summed E-state index contributed by atoms with van der Waals surface area (Å²) in [6.07, 6.45) is 3.25. The van der Waals surface area contributed by atoms with Gasteiger partial charge in [0.2, 0.25) is 6.79 Å². The van der Waals surface area contributed by atoms with Crippen LogP contribution in [0.2, 0.25) is 0 Å². The Morgan fingerprint density at radius 2 is 1.50 bits per heavy atom. The number of ketones is 1. The summed E-state index contributed by atoms with van der Waals surface area (Å²) in [5.41, 5.74) is 3.81. The fourth-order valence-electron chi connectivity index (χ4n) is 3.33. The van der Waals surface area contributed by atoms with Crippen molar-refractivity contribution in [3.63, 3.8) is 0 Å². The summed E-state index contributed by atoms with van der Waals surface area (Å²) >= 11 is 0. The van der Waals surface area contributed by atoms with Crippen molar-refractivity contribution in [3.8, 4) is 11.5 Å². The second-order valence-corrected chi connectivity index (χ2v) is 8.67. The molecule has 1 N–H and O–H groups in total. The maximum absolute atomic E-state index is 12.5. The first-order valence-corrected chi connectivity index (χ1v) is 10.4. The number of amides is 1. The molecule has 3 aromatic carbocycles. The Balaban J connectivity index is 1.38. The minimum atomic E-state index is -0.188. The van der Waals surface area contributed by atoms with Crippen LogP contribution in [-0.2, 0) is 5.41 Å². The zero-order valence-electron chi connectivity index (χ0n) is 18.3. The fraction of sp³-hybridized carbons (Fsp3) is 0.185. The van der Waals surface area contributed by atoms with Gasteiger partial charge in [-0.25, -0.2) is 0 Å². The van der Waals surface area contributed by atoms with Gasteiger partial charge in [0, 0.05) is 16.8 Å². The molecule has 0 aliphatic carbocycles. The molecule has 0 saturated carbocycles. The second kappa shape index (κ2) is 8.71. The van der Waals surface area contributed by atoms with Gasteiger partial charge < -0.3 is 14.8 Å². The van der Waals surface area contributed by atoms with Crippen LogP contribution in [0.1, 0.15) is 52.6 Å². The number of allylic oxidation sites excluding steroid dienone is 1. The molecule has 32 heavy (non-hydrogen) atoms. The Labute approximate surface area is 187 Å². The van der Waals surface area contributed by atoms with Crippen LogP contribution in [0.15, 0.2) is 72.8 Å². The summed E-state index contributed by atoms with van der Waals surface area (Å²) in [6.45, 7) is 6.62. The average Bonchev–Trinajstić information content (AvgIpc) is 3.25. The van der Waals surface area contributed by atoms with Crippen LogP contribution in [0, 0.1) is 0 Å². The van der Waals surface area contributed by atoms with Crippen LogP contribution in [0.3, 0.4) is 0 Å². The van der Waals surface area contributed by atoms with Crippen LogP contribution in [0.4, 0.5) is 5.69 Å². The van der Waals surface area contributed by atoms with Crippen molar-refractivity contribution in [2.45, 2.75) is 26.2 Å². The summed E-state index contributed by atoms with van der Waals surface area (Å²) in [5, 5.41) is 2.87. The summed E-state index contributed by atoms with van der Waals surface area (Å²) < 4.78 is 10.6. The molecule has 0 unspecified atom stereocenters. The van der Waals surface area contributed by atoms with Crippen molar-refractivity contribution in [1.29, 1.82) is 0 Å². The lowest BCUT2D eigenvalue weighted by Crippen LogP contribution is -2.14. The molecule has 0 fully saturated rings. The summed E-state index contributed by atoms with van der Waals surface area (Å²) in [6, 6.07) is 20.0. The van der Waals surface area contributed by atoms with Crippen LogP contribution in [-0.4, -0.2) is 18.5 Å². The Morgan fingerprint density at radius 1 is 0.844 bits per heavy atom. The first kappa shape index (κ1) is 21.4. The zero-order valence-corrected chi connectivity index (χ0v) is 18.3. The Bertz CT molecular complexity index is 1170. The third kappa shape index (κ3) is 4.89. The molecule has 5 heteroatoms. The fourth-order valence-corrected chi connectivity index (χ4v) is 3.33. The first-order valence-electron chi connectivity index (χ1n) is 10.4. The maximum atomic E-state index is 12.5. The van der Waals surface area contributed by atoms with Crippen molar-refractivity contribution in [1.82, 2.24) is 0 Å². The smallest absolute Gasteiger partial charge is 0.255 e. The van der Waals surface area contributed by atoms with E-state index in [4.69, 9.17) is 9.47 Å². The summed E-state index contributed by atoms with van der Waals surface area (Å²) in [5.74, 6) is 1.06. The quantitative estimate of drug-likeness (QED) is 0.409. The molecule has 162 valence electrons. The van der Waals surface area contributed by atoms with Crippen LogP contribution in [0.5, 0.6) is 11.5 Å². The lowest BCUT2D eigenvalue weighted by molar-refractivity contribution is 0.102. The SMILES string of the molecule is CC(C)(C)c1ccc(C(=O)Nc2ccc(C(=O)C=Cc3ccc4c(c3)OCO4)cc2)cc1. The highest BCUT2D eigenvalue weighted by Gasteiger charge is 2.15. The van der Waals surface area contributed by atoms with E-state index in [1.807, 2.05) is 42.5 Å². The van der Waals surface area contributed by atoms with E-state index in [2.05, 4.69) is 26.1 Å². The predicted octanol–water partition coefficient (Wildman–Crippen LogP) is 5.86. The molecule has 0 radical (unpaired) electrons. The van der Waals surface area contributed by atoms with E-state index in [9.17, 15) is 9.59 Å². The van der Waals surface area contributed by atoms with Gasteiger partial charge in [0.1, 0.15) is 0 Å². The van der Waals surface area contributed by atoms with E-state index < -0.39 is 0 Å². The predicted molar refractivity (Wildman–Crippen MR) is 125 cm³/mol. The number of ether oxygens (including phenoxy) is 2. The van der Waals surface area contributed by atoms with Crippen molar-refractivity contribution in [2.24, 2.45) is 0 Å². The van der Waals surface area contributed by atoms with Crippen LogP contribution >= 0.6 is 0 Å². The van der Waals surface area contributed by atoms with E-state index >= 15 is 0 Å². The molecular formula is C27H25NO4. The highest BCUT2D eigenvalue weighted by molar-refractivity contribution is 6.08. The van der Waals surface area contributed by atoms with E-state index in [1.54, 1.807) is 30.3 Å². The largest absolute Gasteiger partial charge is 0.454 e. The molecule has 0 spiro atoms. The molecule has 0 atom stereocenters. The van der Waals surface area contributed by atoms with Crippen molar-refractivity contribution in [2.75, 3.05) is 12.1 Å². The molecule has 1 aliphatic rings. The third-order valence-electron chi connectivity index (χ3n) is 5.26. The minimum absolute atomic E-state index is 0.0363. The van der Waals surface area contributed by atoms with E-state index in [0.29, 0.717) is 28.3 Å². The number of benzene rings is 3. The van der Waals surface area contributed by atoms with E-state index in [-0.39, 0.29) is 23.9 Å². The van der Waals surface area contributed by atoms with Crippen LogP contribution < -0.4 is 14.8 Å². The molecule has 0 bridgehead atoms. The number of carbonyl (C=O) groups is 2. The molecule has 1 heterocycles. The van der Waals surface area contributed by atoms with Gasteiger partial charge in [0.25, 0.3) is 5.91 Å². The molecule has 0 aromatic heterocycles. The van der Waals surface area contributed by atoms with E-state index in [1.165, 1.54) is 11.6 Å². The highest BCUT2D eigenvalue weighted by Crippen LogP contribution is 2.32. The van der Waals surface area contributed by atoms with Gasteiger partial charge in [-0.3, -0.25) is 9.59 Å². The molecule has 0 saturated heterocycles. The maximum Gasteiger partial charge on any atom is 0.255 e. The van der Waals surface area contributed by atoms with Crippen molar-refractivity contribution < 1.29 is 19.1 Å². The average molecular weight is 428 g/mol. The Hall–Kier alpha value is -3.86. The number of rotatable bonds is 5. The van der Waals surface area contributed by atoms with Gasteiger partial charge >= 0.3 is 0 Å².